The fourth-order valence-corrected chi connectivity index (χ4v) is 2.41. The number of rotatable bonds is 5. The van der Waals surface area contributed by atoms with Crippen molar-refractivity contribution >= 4 is 11.6 Å². The van der Waals surface area contributed by atoms with E-state index in [1.54, 1.807) is 0 Å². The first-order chi connectivity index (χ1) is 9.15. The third-order valence-corrected chi connectivity index (χ3v) is 3.40. The highest BCUT2D eigenvalue weighted by atomic mass is 35.5. The molecule has 1 N–H and O–H groups in total. The molecular weight excluding hydrogens is 258 g/mol. The molecule has 0 aliphatic carbocycles. The van der Waals surface area contributed by atoms with E-state index in [0.717, 1.165) is 30.2 Å². The van der Waals surface area contributed by atoms with Crippen LogP contribution in [0.5, 0.6) is 0 Å². The van der Waals surface area contributed by atoms with Gasteiger partial charge in [-0.15, -0.1) is 0 Å². The minimum Gasteiger partial charge on any atom is -0.313 e. The van der Waals surface area contributed by atoms with Crippen molar-refractivity contribution in [1.82, 2.24) is 15.1 Å². The first-order valence-corrected chi connectivity index (χ1v) is 7.05. The zero-order valence-corrected chi connectivity index (χ0v) is 12.5. The van der Waals surface area contributed by atoms with Crippen molar-refractivity contribution in [3.05, 3.63) is 40.7 Å². The molecule has 0 spiro atoms. The van der Waals surface area contributed by atoms with Gasteiger partial charge in [0.25, 0.3) is 0 Å². The minimum atomic E-state index is 0.765. The van der Waals surface area contributed by atoms with Gasteiger partial charge in [-0.05, 0) is 36.2 Å². The Kier molecular flexibility index (Phi) is 4.61. The SMILES string of the molecule is CCNCc1ccc(Cl)cc1-c1cn(C)nc1CC. The van der Waals surface area contributed by atoms with Crippen molar-refractivity contribution in [1.29, 1.82) is 0 Å². The van der Waals surface area contributed by atoms with Gasteiger partial charge in [0.05, 0.1) is 5.69 Å². The van der Waals surface area contributed by atoms with E-state index >= 15 is 0 Å². The average Bonchev–Trinajstić information content (AvgIpc) is 2.78. The van der Waals surface area contributed by atoms with Crippen LogP contribution in [0.15, 0.2) is 24.4 Å². The number of aryl methyl sites for hydroxylation is 2. The smallest absolute Gasteiger partial charge is 0.0700 e. The van der Waals surface area contributed by atoms with E-state index in [1.807, 2.05) is 23.9 Å². The molecule has 4 heteroatoms. The monoisotopic (exact) mass is 277 g/mol. The van der Waals surface area contributed by atoms with E-state index in [9.17, 15) is 0 Å². The second-order valence-electron chi connectivity index (χ2n) is 4.60. The molecule has 2 rings (SSSR count). The summed E-state index contributed by atoms with van der Waals surface area (Å²) in [7, 11) is 1.96. The Labute approximate surface area is 119 Å². The van der Waals surface area contributed by atoms with Gasteiger partial charge in [-0.2, -0.15) is 5.10 Å². The van der Waals surface area contributed by atoms with Crippen LogP contribution in [0.1, 0.15) is 25.1 Å². The number of halogens is 1. The highest BCUT2D eigenvalue weighted by molar-refractivity contribution is 6.30. The number of nitrogens with zero attached hydrogens (tertiary/aromatic N) is 2. The first kappa shape index (κ1) is 14.1. The van der Waals surface area contributed by atoms with Crippen LogP contribution >= 0.6 is 11.6 Å². The largest absolute Gasteiger partial charge is 0.313 e. The maximum Gasteiger partial charge on any atom is 0.0700 e. The van der Waals surface area contributed by atoms with Gasteiger partial charge in [0.15, 0.2) is 0 Å². The Morgan fingerprint density at radius 2 is 2.05 bits per heavy atom. The molecule has 0 aliphatic heterocycles. The van der Waals surface area contributed by atoms with Crippen LogP contribution in [0.3, 0.4) is 0 Å². The molecule has 1 aromatic heterocycles. The molecule has 19 heavy (non-hydrogen) atoms. The maximum atomic E-state index is 6.16. The molecule has 2 aromatic rings. The Morgan fingerprint density at radius 1 is 1.26 bits per heavy atom. The van der Waals surface area contributed by atoms with Crippen LogP contribution in [0.2, 0.25) is 5.02 Å². The molecule has 0 atom stereocenters. The van der Waals surface area contributed by atoms with Gasteiger partial charge in [-0.25, -0.2) is 0 Å². The Morgan fingerprint density at radius 3 is 2.74 bits per heavy atom. The Hall–Kier alpha value is -1.32. The van der Waals surface area contributed by atoms with E-state index in [-0.39, 0.29) is 0 Å². The number of hydrogen-bond acceptors (Lipinski definition) is 2. The molecule has 0 saturated carbocycles. The summed E-state index contributed by atoms with van der Waals surface area (Å²) in [5, 5.41) is 8.64. The van der Waals surface area contributed by atoms with Gasteiger partial charge in [0, 0.05) is 30.4 Å². The van der Waals surface area contributed by atoms with Gasteiger partial charge in [-0.1, -0.05) is 31.5 Å². The van der Waals surface area contributed by atoms with E-state index in [2.05, 4.69) is 36.5 Å². The van der Waals surface area contributed by atoms with Crippen LogP contribution in [-0.4, -0.2) is 16.3 Å². The molecule has 0 aliphatic rings. The molecule has 102 valence electrons. The van der Waals surface area contributed by atoms with Crippen molar-refractivity contribution in [2.75, 3.05) is 6.54 Å². The topological polar surface area (TPSA) is 29.9 Å². The van der Waals surface area contributed by atoms with E-state index in [1.165, 1.54) is 16.7 Å². The summed E-state index contributed by atoms with van der Waals surface area (Å²) in [6.07, 6.45) is 2.99. The average molecular weight is 278 g/mol. The number of aromatic nitrogens is 2. The zero-order chi connectivity index (χ0) is 13.8. The predicted molar refractivity (Wildman–Crippen MR) is 80.4 cm³/mol. The fraction of sp³-hybridized carbons (Fsp3) is 0.400. The molecular formula is C15H20ClN3. The molecule has 0 unspecified atom stereocenters. The third-order valence-electron chi connectivity index (χ3n) is 3.17. The van der Waals surface area contributed by atoms with Crippen LogP contribution in [-0.2, 0) is 20.0 Å². The molecule has 0 radical (unpaired) electrons. The highest BCUT2D eigenvalue weighted by Crippen LogP contribution is 2.29. The number of nitrogens with one attached hydrogen (secondary N) is 1. The Bertz CT molecular complexity index is 561. The summed E-state index contributed by atoms with van der Waals surface area (Å²) in [5.41, 5.74) is 4.73. The van der Waals surface area contributed by atoms with Crippen LogP contribution < -0.4 is 5.32 Å². The van der Waals surface area contributed by atoms with Crippen LogP contribution in [0, 0.1) is 0 Å². The van der Waals surface area contributed by atoms with Gasteiger partial charge >= 0.3 is 0 Å². The lowest BCUT2D eigenvalue weighted by Gasteiger charge is -2.10. The molecule has 1 heterocycles. The molecule has 0 bridgehead atoms. The summed E-state index contributed by atoms with van der Waals surface area (Å²) >= 11 is 6.16. The number of benzene rings is 1. The van der Waals surface area contributed by atoms with Crippen molar-refractivity contribution in [3.63, 3.8) is 0 Å². The van der Waals surface area contributed by atoms with Crippen molar-refractivity contribution in [2.45, 2.75) is 26.8 Å². The van der Waals surface area contributed by atoms with Crippen molar-refractivity contribution in [3.8, 4) is 11.1 Å². The lowest BCUT2D eigenvalue weighted by Crippen LogP contribution is -2.12. The standard InChI is InChI=1S/C15H20ClN3/c1-4-15-14(10-19(3)18-15)13-8-12(16)7-6-11(13)9-17-5-2/h6-8,10,17H,4-5,9H2,1-3H3. The van der Waals surface area contributed by atoms with Gasteiger partial charge in [0.1, 0.15) is 0 Å². The third kappa shape index (κ3) is 3.17. The normalized spacial score (nSPS) is 10.9. The fourth-order valence-electron chi connectivity index (χ4n) is 2.23. The zero-order valence-electron chi connectivity index (χ0n) is 11.7. The predicted octanol–water partition coefficient (Wildman–Crippen LogP) is 3.41. The lowest BCUT2D eigenvalue weighted by molar-refractivity contribution is 0.728. The summed E-state index contributed by atoms with van der Waals surface area (Å²) in [6.45, 7) is 6.04. The molecule has 0 amide bonds. The van der Waals surface area contributed by atoms with E-state index in [0.29, 0.717) is 0 Å². The summed E-state index contributed by atoms with van der Waals surface area (Å²) in [4.78, 5) is 0. The summed E-state index contributed by atoms with van der Waals surface area (Å²) in [5.74, 6) is 0. The van der Waals surface area contributed by atoms with E-state index in [4.69, 9.17) is 11.6 Å². The summed E-state index contributed by atoms with van der Waals surface area (Å²) < 4.78 is 1.87. The van der Waals surface area contributed by atoms with Gasteiger partial charge in [-0.3, -0.25) is 4.68 Å². The minimum absolute atomic E-state index is 0.765. The molecule has 3 nitrogen and oxygen atoms in total. The second-order valence-corrected chi connectivity index (χ2v) is 5.03. The van der Waals surface area contributed by atoms with E-state index < -0.39 is 0 Å². The molecule has 0 saturated heterocycles. The first-order valence-electron chi connectivity index (χ1n) is 6.67. The highest BCUT2D eigenvalue weighted by Gasteiger charge is 2.12. The van der Waals surface area contributed by atoms with Gasteiger partial charge < -0.3 is 5.32 Å². The van der Waals surface area contributed by atoms with Crippen molar-refractivity contribution in [2.24, 2.45) is 7.05 Å². The maximum absolute atomic E-state index is 6.16. The lowest BCUT2D eigenvalue weighted by atomic mass is 9.99. The number of hydrogen-bond donors (Lipinski definition) is 1. The van der Waals surface area contributed by atoms with Crippen LogP contribution in [0.25, 0.3) is 11.1 Å². The van der Waals surface area contributed by atoms with Crippen LogP contribution in [0.4, 0.5) is 0 Å². The van der Waals surface area contributed by atoms with Gasteiger partial charge in [0.2, 0.25) is 0 Å². The Balaban J connectivity index is 2.49. The van der Waals surface area contributed by atoms with Crippen molar-refractivity contribution < 1.29 is 0 Å². The molecule has 0 fully saturated rings. The quantitative estimate of drug-likeness (QED) is 0.908. The summed E-state index contributed by atoms with van der Waals surface area (Å²) in [6, 6.07) is 6.07. The second kappa shape index (κ2) is 6.22. The molecule has 1 aromatic carbocycles.